The Morgan fingerprint density at radius 3 is 2.37 bits per heavy atom. The van der Waals surface area contributed by atoms with Gasteiger partial charge in [-0.3, -0.25) is 4.79 Å². The third-order valence-corrected chi connectivity index (χ3v) is 5.27. The van der Waals surface area contributed by atoms with Gasteiger partial charge >= 0.3 is 6.18 Å². The maximum Gasteiger partial charge on any atom is 0.418 e. The predicted molar refractivity (Wildman–Crippen MR) is 115 cm³/mol. The first-order valence-electron chi connectivity index (χ1n) is 9.84. The largest absolute Gasteiger partial charge is 0.418 e. The van der Waals surface area contributed by atoms with Crippen LogP contribution in [0.15, 0.2) is 42.5 Å². The molecule has 0 unspecified atom stereocenters. The number of halogens is 3. The van der Waals surface area contributed by atoms with E-state index in [1.165, 1.54) is 12.1 Å². The number of likely N-dealkylation sites (N-methyl/N-ethyl adjacent to an activating group) is 1. The second kappa shape index (κ2) is 8.92. The Hall–Kier alpha value is -2.80. The standard InChI is InChI=1S/C23H26F3N3O/c1-16-4-5-18(17(2)14-16)6-9-22(30)27-21-8-7-19(15-20(21)23(24,25)26)29-12-10-28(3)11-13-29/h4-9,14-15H,10-13H2,1-3H3,(H,27,30)/b9-6+. The summed E-state index contributed by atoms with van der Waals surface area (Å²) >= 11 is 0. The molecule has 0 spiro atoms. The van der Waals surface area contributed by atoms with Crippen LogP contribution in [0, 0.1) is 13.8 Å². The molecule has 1 fully saturated rings. The summed E-state index contributed by atoms with van der Waals surface area (Å²) in [7, 11) is 1.99. The average Bonchev–Trinajstić information content (AvgIpc) is 2.67. The normalized spacial score (nSPS) is 15.6. The first-order valence-corrected chi connectivity index (χ1v) is 9.84. The Bertz CT molecular complexity index is 945. The Balaban J connectivity index is 1.79. The van der Waals surface area contributed by atoms with Crippen molar-refractivity contribution in [3.8, 4) is 0 Å². The number of amides is 1. The van der Waals surface area contributed by atoms with Gasteiger partial charge in [-0.25, -0.2) is 0 Å². The maximum atomic E-state index is 13.7. The molecule has 2 aromatic carbocycles. The van der Waals surface area contributed by atoms with Gasteiger partial charge in [0.1, 0.15) is 0 Å². The summed E-state index contributed by atoms with van der Waals surface area (Å²) in [4.78, 5) is 16.4. The summed E-state index contributed by atoms with van der Waals surface area (Å²) in [5, 5.41) is 2.38. The summed E-state index contributed by atoms with van der Waals surface area (Å²) in [6.45, 7) is 6.81. The van der Waals surface area contributed by atoms with Crippen molar-refractivity contribution in [1.82, 2.24) is 4.90 Å². The lowest BCUT2D eigenvalue weighted by Crippen LogP contribution is -2.44. The minimum Gasteiger partial charge on any atom is -0.369 e. The van der Waals surface area contributed by atoms with Gasteiger partial charge in [0.2, 0.25) is 5.91 Å². The van der Waals surface area contributed by atoms with Crippen LogP contribution in [0.4, 0.5) is 24.5 Å². The van der Waals surface area contributed by atoms with Crippen LogP contribution in [-0.2, 0) is 11.0 Å². The third-order valence-electron chi connectivity index (χ3n) is 5.27. The molecule has 1 saturated heterocycles. The van der Waals surface area contributed by atoms with Gasteiger partial charge in [-0.05, 0) is 56.3 Å². The molecule has 0 saturated carbocycles. The molecule has 1 aliphatic heterocycles. The van der Waals surface area contributed by atoms with Gasteiger partial charge in [0.15, 0.2) is 0 Å². The van der Waals surface area contributed by atoms with E-state index >= 15 is 0 Å². The lowest BCUT2D eigenvalue weighted by Gasteiger charge is -2.34. The summed E-state index contributed by atoms with van der Waals surface area (Å²) in [6, 6.07) is 9.86. The van der Waals surface area contributed by atoms with Crippen LogP contribution in [0.2, 0.25) is 0 Å². The summed E-state index contributed by atoms with van der Waals surface area (Å²) in [5.74, 6) is -0.604. The van der Waals surface area contributed by atoms with E-state index in [9.17, 15) is 18.0 Å². The van der Waals surface area contributed by atoms with E-state index in [4.69, 9.17) is 0 Å². The molecule has 1 heterocycles. The Labute approximate surface area is 175 Å². The molecule has 0 aliphatic carbocycles. The lowest BCUT2D eigenvalue weighted by atomic mass is 10.1. The first-order chi connectivity index (χ1) is 14.1. The van der Waals surface area contributed by atoms with Crippen molar-refractivity contribution in [2.75, 3.05) is 43.4 Å². The number of nitrogens with one attached hydrogen (secondary N) is 1. The van der Waals surface area contributed by atoms with Crippen molar-refractivity contribution >= 4 is 23.4 Å². The van der Waals surface area contributed by atoms with Gasteiger partial charge in [-0.1, -0.05) is 23.8 Å². The van der Waals surface area contributed by atoms with Crippen LogP contribution in [0.1, 0.15) is 22.3 Å². The first kappa shape index (κ1) is 21.9. The fraction of sp³-hybridized carbons (Fsp3) is 0.348. The van der Waals surface area contributed by atoms with Crippen LogP contribution in [0.3, 0.4) is 0 Å². The van der Waals surface area contributed by atoms with E-state index in [2.05, 4.69) is 10.2 Å². The topological polar surface area (TPSA) is 35.6 Å². The highest BCUT2D eigenvalue weighted by Crippen LogP contribution is 2.37. The fourth-order valence-corrected chi connectivity index (χ4v) is 3.49. The molecule has 1 N–H and O–H groups in total. The molecule has 30 heavy (non-hydrogen) atoms. The molecule has 4 nitrogen and oxygen atoms in total. The summed E-state index contributed by atoms with van der Waals surface area (Å²) < 4.78 is 41.0. The molecule has 2 aromatic rings. The molecular weight excluding hydrogens is 391 g/mol. The molecular formula is C23H26F3N3O. The van der Waals surface area contributed by atoms with Crippen LogP contribution < -0.4 is 10.2 Å². The minimum absolute atomic E-state index is 0.240. The Morgan fingerprint density at radius 2 is 1.73 bits per heavy atom. The Kier molecular flexibility index (Phi) is 6.51. The number of aryl methyl sites for hydroxylation is 2. The average molecular weight is 417 g/mol. The van der Waals surface area contributed by atoms with Crippen molar-refractivity contribution in [2.45, 2.75) is 20.0 Å². The number of alkyl halides is 3. The number of nitrogens with zero attached hydrogens (tertiary/aromatic N) is 2. The van der Waals surface area contributed by atoms with E-state index in [0.29, 0.717) is 18.8 Å². The monoisotopic (exact) mass is 417 g/mol. The number of benzene rings is 2. The number of rotatable bonds is 4. The van der Waals surface area contributed by atoms with E-state index in [1.807, 2.05) is 44.0 Å². The predicted octanol–water partition coefficient (Wildman–Crippen LogP) is 4.73. The van der Waals surface area contributed by atoms with Crippen molar-refractivity contribution < 1.29 is 18.0 Å². The zero-order valence-corrected chi connectivity index (χ0v) is 17.4. The van der Waals surface area contributed by atoms with Gasteiger partial charge in [0.05, 0.1) is 11.3 Å². The van der Waals surface area contributed by atoms with Crippen LogP contribution >= 0.6 is 0 Å². The van der Waals surface area contributed by atoms with E-state index in [0.717, 1.165) is 35.8 Å². The number of hydrogen-bond acceptors (Lipinski definition) is 3. The Morgan fingerprint density at radius 1 is 1.03 bits per heavy atom. The maximum absolute atomic E-state index is 13.7. The van der Waals surface area contributed by atoms with Crippen molar-refractivity contribution in [1.29, 1.82) is 0 Å². The molecule has 1 amide bonds. The molecule has 7 heteroatoms. The van der Waals surface area contributed by atoms with Gasteiger partial charge in [-0.2, -0.15) is 13.2 Å². The number of carbonyl (C=O) groups is 1. The molecule has 0 bridgehead atoms. The highest BCUT2D eigenvalue weighted by Gasteiger charge is 2.34. The number of hydrogen-bond donors (Lipinski definition) is 1. The molecule has 160 valence electrons. The number of piperazine rings is 1. The summed E-state index contributed by atoms with van der Waals surface area (Å²) in [6.07, 6.45) is -1.70. The van der Waals surface area contributed by atoms with Gasteiger partial charge in [0.25, 0.3) is 0 Å². The number of anilines is 2. The highest BCUT2D eigenvalue weighted by molar-refractivity contribution is 6.02. The minimum atomic E-state index is -4.57. The van der Waals surface area contributed by atoms with Gasteiger partial charge in [-0.15, -0.1) is 0 Å². The zero-order valence-electron chi connectivity index (χ0n) is 17.4. The van der Waals surface area contributed by atoms with Crippen LogP contribution in [0.5, 0.6) is 0 Å². The second-order valence-corrected chi connectivity index (χ2v) is 7.70. The molecule has 0 radical (unpaired) electrons. The quantitative estimate of drug-likeness (QED) is 0.731. The SMILES string of the molecule is Cc1ccc(/C=C/C(=O)Nc2ccc(N3CCN(C)CC3)cc2C(F)(F)F)c(C)c1. The molecule has 0 atom stereocenters. The molecule has 1 aliphatic rings. The van der Waals surface area contributed by atoms with E-state index in [-0.39, 0.29) is 5.69 Å². The van der Waals surface area contributed by atoms with Crippen molar-refractivity contribution in [3.63, 3.8) is 0 Å². The second-order valence-electron chi connectivity index (χ2n) is 7.70. The number of carbonyl (C=O) groups excluding carboxylic acids is 1. The highest BCUT2D eigenvalue weighted by atomic mass is 19.4. The van der Waals surface area contributed by atoms with Crippen molar-refractivity contribution in [2.24, 2.45) is 0 Å². The third kappa shape index (κ3) is 5.42. The van der Waals surface area contributed by atoms with Gasteiger partial charge < -0.3 is 15.1 Å². The van der Waals surface area contributed by atoms with Crippen LogP contribution in [0.25, 0.3) is 6.08 Å². The summed E-state index contributed by atoms with van der Waals surface area (Å²) in [5.41, 5.74) is 2.37. The zero-order chi connectivity index (χ0) is 21.9. The lowest BCUT2D eigenvalue weighted by molar-refractivity contribution is -0.136. The van der Waals surface area contributed by atoms with Gasteiger partial charge in [0, 0.05) is 37.9 Å². The van der Waals surface area contributed by atoms with Crippen molar-refractivity contribution in [3.05, 3.63) is 64.7 Å². The smallest absolute Gasteiger partial charge is 0.369 e. The van der Waals surface area contributed by atoms with Crippen LogP contribution in [-0.4, -0.2) is 44.0 Å². The van der Waals surface area contributed by atoms with E-state index < -0.39 is 17.6 Å². The fourth-order valence-electron chi connectivity index (χ4n) is 3.49. The molecule has 3 rings (SSSR count). The van der Waals surface area contributed by atoms with E-state index in [1.54, 1.807) is 12.1 Å². The molecule has 0 aromatic heterocycles.